The van der Waals surface area contributed by atoms with Crippen molar-refractivity contribution in [3.8, 4) is 0 Å². The summed E-state index contributed by atoms with van der Waals surface area (Å²) < 4.78 is 0. The number of hydrogen-bond acceptors (Lipinski definition) is 1. The van der Waals surface area contributed by atoms with E-state index in [4.69, 9.17) is 0 Å². The van der Waals surface area contributed by atoms with Crippen LogP contribution in [0.25, 0.3) is 0 Å². The molecular formula is C16H23N. The zero-order valence-electron chi connectivity index (χ0n) is 11.4. The molecule has 2 unspecified atom stereocenters. The van der Waals surface area contributed by atoms with E-state index >= 15 is 0 Å². The first-order valence-electron chi connectivity index (χ1n) is 6.79. The maximum absolute atomic E-state index is 3.87. The normalized spacial score (nSPS) is 38.4. The quantitative estimate of drug-likeness (QED) is 0.620. The monoisotopic (exact) mass is 229 g/mol. The Morgan fingerprint density at radius 1 is 1.29 bits per heavy atom. The highest BCUT2D eigenvalue weighted by Crippen LogP contribution is 2.50. The summed E-state index contributed by atoms with van der Waals surface area (Å²) in [7, 11) is 0. The Hall–Kier alpha value is -0.980. The molecule has 0 fully saturated rings. The van der Waals surface area contributed by atoms with Crippen LogP contribution in [0, 0.1) is 11.3 Å². The van der Waals surface area contributed by atoms with Crippen LogP contribution in [0.1, 0.15) is 47.0 Å². The predicted molar refractivity (Wildman–Crippen MR) is 72.6 cm³/mol. The van der Waals surface area contributed by atoms with Gasteiger partial charge in [0, 0.05) is 22.6 Å². The largest absolute Gasteiger partial charge is 0.382 e. The Morgan fingerprint density at radius 2 is 2.06 bits per heavy atom. The van der Waals surface area contributed by atoms with Crippen LogP contribution in [0.5, 0.6) is 0 Å². The van der Waals surface area contributed by atoms with Crippen LogP contribution in [-0.2, 0) is 0 Å². The Kier molecular flexibility index (Phi) is 2.14. The molecule has 1 N–H and O–H groups in total. The Bertz CT molecular complexity index is 450. The van der Waals surface area contributed by atoms with Gasteiger partial charge in [0.15, 0.2) is 0 Å². The lowest BCUT2D eigenvalue weighted by molar-refractivity contribution is 0.301. The molecule has 0 saturated heterocycles. The fourth-order valence-electron chi connectivity index (χ4n) is 3.91. The van der Waals surface area contributed by atoms with E-state index in [0.717, 1.165) is 0 Å². The molecule has 0 amide bonds. The fourth-order valence-corrected chi connectivity index (χ4v) is 3.91. The van der Waals surface area contributed by atoms with E-state index in [0.29, 0.717) is 5.92 Å². The maximum atomic E-state index is 3.87. The lowest BCUT2D eigenvalue weighted by Gasteiger charge is -2.36. The molecule has 0 aromatic carbocycles. The first kappa shape index (κ1) is 11.1. The third kappa shape index (κ3) is 1.51. The first-order valence-corrected chi connectivity index (χ1v) is 6.79. The van der Waals surface area contributed by atoms with Gasteiger partial charge in [0.05, 0.1) is 0 Å². The van der Waals surface area contributed by atoms with Crippen molar-refractivity contribution in [2.24, 2.45) is 11.3 Å². The molecule has 3 aliphatic rings. The first-order chi connectivity index (χ1) is 7.92. The van der Waals surface area contributed by atoms with E-state index < -0.39 is 0 Å². The zero-order chi connectivity index (χ0) is 12.3. The van der Waals surface area contributed by atoms with Crippen molar-refractivity contribution in [3.05, 3.63) is 35.1 Å². The molecule has 1 heterocycles. The standard InChI is InChI=1S/C16H23N/c1-11-9-12-13-7-5-6-8-16(13,4)17-14(12)15(2,3)10-11/h5,7,9,13,17H,6,8,10H2,1-4H3. The minimum atomic E-state index is 0.262. The van der Waals surface area contributed by atoms with Crippen molar-refractivity contribution in [2.45, 2.75) is 52.5 Å². The number of rotatable bonds is 0. The Labute approximate surface area is 105 Å². The minimum absolute atomic E-state index is 0.262. The number of allylic oxidation sites excluding steroid dienone is 4. The average molecular weight is 229 g/mol. The summed E-state index contributed by atoms with van der Waals surface area (Å²) in [4.78, 5) is 0. The van der Waals surface area contributed by atoms with Gasteiger partial charge in [-0.15, -0.1) is 0 Å². The summed E-state index contributed by atoms with van der Waals surface area (Å²) in [6.07, 6.45) is 10.9. The second kappa shape index (κ2) is 3.28. The van der Waals surface area contributed by atoms with Gasteiger partial charge >= 0.3 is 0 Å². The van der Waals surface area contributed by atoms with Crippen molar-refractivity contribution in [1.29, 1.82) is 0 Å². The molecular weight excluding hydrogens is 206 g/mol. The van der Waals surface area contributed by atoms with Gasteiger partial charge in [0.1, 0.15) is 0 Å². The lowest BCUT2D eigenvalue weighted by Crippen LogP contribution is -2.45. The fraction of sp³-hybridized carbons (Fsp3) is 0.625. The van der Waals surface area contributed by atoms with Gasteiger partial charge in [0.2, 0.25) is 0 Å². The van der Waals surface area contributed by atoms with Crippen molar-refractivity contribution in [1.82, 2.24) is 5.32 Å². The summed E-state index contributed by atoms with van der Waals surface area (Å²) in [5.41, 5.74) is 5.12. The maximum Gasteiger partial charge on any atom is 0.0449 e. The summed E-state index contributed by atoms with van der Waals surface area (Å²) >= 11 is 0. The lowest BCUT2D eigenvalue weighted by atomic mass is 9.72. The molecule has 0 radical (unpaired) electrons. The average Bonchev–Trinajstić information content (AvgIpc) is 2.51. The van der Waals surface area contributed by atoms with Gasteiger partial charge in [0.25, 0.3) is 0 Å². The van der Waals surface area contributed by atoms with Crippen molar-refractivity contribution in [3.63, 3.8) is 0 Å². The highest BCUT2D eigenvalue weighted by molar-refractivity contribution is 5.47. The smallest absolute Gasteiger partial charge is 0.0449 e. The highest BCUT2D eigenvalue weighted by atomic mass is 15.0. The van der Waals surface area contributed by atoms with E-state index in [1.54, 1.807) is 5.57 Å². The molecule has 2 atom stereocenters. The third-order valence-electron chi connectivity index (χ3n) is 4.68. The molecule has 0 aromatic heterocycles. The number of nitrogens with one attached hydrogen (secondary N) is 1. The van der Waals surface area contributed by atoms with Crippen molar-refractivity contribution in [2.75, 3.05) is 0 Å². The Morgan fingerprint density at radius 3 is 2.82 bits per heavy atom. The molecule has 0 aromatic rings. The highest BCUT2D eigenvalue weighted by Gasteiger charge is 2.47. The van der Waals surface area contributed by atoms with Crippen LogP contribution >= 0.6 is 0 Å². The summed E-state index contributed by atoms with van der Waals surface area (Å²) in [6, 6.07) is 0. The van der Waals surface area contributed by atoms with Crippen LogP contribution < -0.4 is 5.32 Å². The second-order valence-electron chi connectivity index (χ2n) is 6.87. The summed E-state index contributed by atoms with van der Waals surface area (Å²) in [6.45, 7) is 9.40. The second-order valence-corrected chi connectivity index (χ2v) is 6.87. The summed E-state index contributed by atoms with van der Waals surface area (Å²) in [5.74, 6) is 0.584. The molecule has 92 valence electrons. The van der Waals surface area contributed by atoms with Gasteiger partial charge < -0.3 is 5.32 Å². The van der Waals surface area contributed by atoms with Gasteiger partial charge in [-0.2, -0.15) is 0 Å². The van der Waals surface area contributed by atoms with E-state index in [9.17, 15) is 0 Å². The van der Waals surface area contributed by atoms with E-state index in [1.165, 1.54) is 30.5 Å². The van der Waals surface area contributed by atoms with Crippen molar-refractivity contribution >= 4 is 0 Å². The van der Waals surface area contributed by atoms with Crippen LogP contribution in [0.4, 0.5) is 0 Å². The molecule has 2 aliphatic carbocycles. The molecule has 0 bridgehead atoms. The minimum Gasteiger partial charge on any atom is -0.382 e. The van der Waals surface area contributed by atoms with Gasteiger partial charge in [-0.25, -0.2) is 0 Å². The van der Waals surface area contributed by atoms with Crippen LogP contribution in [-0.4, -0.2) is 5.54 Å². The summed E-state index contributed by atoms with van der Waals surface area (Å²) in [5, 5.41) is 3.87. The van der Waals surface area contributed by atoms with E-state index in [-0.39, 0.29) is 11.0 Å². The van der Waals surface area contributed by atoms with Gasteiger partial charge in [-0.1, -0.05) is 37.6 Å². The van der Waals surface area contributed by atoms with Crippen LogP contribution in [0.15, 0.2) is 35.1 Å². The van der Waals surface area contributed by atoms with Gasteiger partial charge in [-0.05, 0) is 38.7 Å². The molecule has 1 aliphatic heterocycles. The molecule has 3 rings (SSSR count). The van der Waals surface area contributed by atoms with Gasteiger partial charge in [-0.3, -0.25) is 0 Å². The molecule has 0 saturated carbocycles. The zero-order valence-corrected chi connectivity index (χ0v) is 11.4. The molecule has 0 spiro atoms. The molecule has 1 heteroatoms. The molecule has 1 nitrogen and oxygen atoms in total. The van der Waals surface area contributed by atoms with E-state index in [2.05, 4.69) is 51.2 Å². The predicted octanol–water partition coefficient (Wildman–Crippen LogP) is 3.94. The number of fused-ring (bicyclic) bond motifs is 2. The van der Waals surface area contributed by atoms with Crippen LogP contribution in [0.3, 0.4) is 0 Å². The molecule has 17 heavy (non-hydrogen) atoms. The van der Waals surface area contributed by atoms with Crippen molar-refractivity contribution < 1.29 is 0 Å². The SMILES string of the molecule is CC1=CC2=C(NC3(C)CCC=CC23)C(C)(C)C1. The topological polar surface area (TPSA) is 12.0 Å². The van der Waals surface area contributed by atoms with Crippen LogP contribution in [0.2, 0.25) is 0 Å². The van der Waals surface area contributed by atoms with E-state index in [1.807, 2.05) is 0 Å². The Balaban J connectivity index is 2.11. The number of hydrogen-bond donors (Lipinski definition) is 1. The third-order valence-corrected chi connectivity index (χ3v) is 4.68.